The second-order valence-corrected chi connectivity index (χ2v) is 8.72. The van der Waals surface area contributed by atoms with Crippen molar-refractivity contribution < 1.29 is 9.31 Å². The molecule has 0 amide bonds. The van der Waals surface area contributed by atoms with Gasteiger partial charge in [-0.25, -0.2) is 0 Å². The molecule has 0 radical (unpaired) electrons. The first-order chi connectivity index (χ1) is 11.1. The molecular weight excluding hydrogens is 412 g/mol. The smallest absolute Gasteiger partial charge is 0.399 e. The highest BCUT2D eigenvalue weighted by molar-refractivity contribution is 9.10. The summed E-state index contributed by atoms with van der Waals surface area (Å²) < 4.78 is 13.4. The van der Waals surface area contributed by atoms with Gasteiger partial charge in [-0.15, -0.1) is 23.2 Å². The highest BCUT2D eigenvalue weighted by Gasteiger charge is 2.52. The molecule has 0 spiro atoms. The third kappa shape index (κ3) is 4.07. The Morgan fingerprint density at radius 2 is 1.54 bits per heavy atom. The number of aryl methyl sites for hydroxylation is 1. The molecule has 1 heterocycles. The van der Waals surface area contributed by atoms with Crippen LogP contribution in [0.2, 0.25) is 0 Å². The Labute approximate surface area is 164 Å². The van der Waals surface area contributed by atoms with Gasteiger partial charge in [-0.3, -0.25) is 0 Å². The molecular formula is C17H25BBrCl2NO2. The van der Waals surface area contributed by atoms with Gasteiger partial charge in [-0.05, 0) is 73.7 Å². The van der Waals surface area contributed by atoms with E-state index in [9.17, 15) is 0 Å². The lowest BCUT2D eigenvalue weighted by Crippen LogP contribution is -2.41. The van der Waals surface area contributed by atoms with Crippen LogP contribution in [0.4, 0.5) is 5.69 Å². The molecule has 0 bridgehead atoms. The van der Waals surface area contributed by atoms with E-state index in [0.29, 0.717) is 11.8 Å². The Bertz CT molecular complexity index is 576. The van der Waals surface area contributed by atoms with Gasteiger partial charge in [-0.1, -0.05) is 0 Å². The molecule has 1 saturated heterocycles. The number of anilines is 1. The van der Waals surface area contributed by atoms with Gasteiger partial charge in [0.15, 0.2) is 0 Å². The zero-order chi connectivity index (χ0) is 18.1. The predicted octanol–water partition coefficient (Wildman–Crippen LogP) is 4.34. The third-order valence-corrected chi connectivity index (χ3v) is 5.87. The number of hydrogen-bond acceptors (Lipinski definition) is 3. The van der Waals surface area contributed by atoms with Crippen LogP contribution >= 0.6 is 39.1 Å². The molecule has 0 unspecified atom stereocenters. The average molecular weight is 437 g/mol. The summed E-state index contributed by atoms with van der Waals surface area (Å²) in [6, 6.07) is 4.23. The molecule has 2 rings (SSSR count). The highest BCUT2D eigenvalue weighted by Crippen LogP contribution is 2.37. The lowest BCUT2D eigenvalue weighted by molar-refractivity contribution is 0.00578. The first-order valence-electron chi connectivity index (χ1n) is 8.15. The van der Waals surface area contributed by atoms with Crippen LogP contribution in [0, 0.1) is 6.92 Å². The Balaban J connectivity index is 2.34. The lowest BCUT2D eigenvalue weighted by Gasteiger charge is -2.32. The monoisotopic (exact) mass is 435 g/mol. The minimum Gasteiger partial charge on any atom is -0.399 e. The van der Waals surface area contributed by atoms with Gasteiger partial charge in [0, 0.05) is 29.3 Å². The molecule has 134 valence electrons. The van der Waals surface area contributed by atoms with Crippen LogP contribution in [-0.4, -0.2) is 43.2 Å². The largest absolute Gasteiger partial charge is 0.495 e. The normalized spacial score (nSPS) is 18.9. The Kier molecular flexibility index (Phi) is 6.58. The summed E-state index contributed by atoms with van der Waals surface area (Å²) >= 11 is 15.6. The standard InChI is InChI=1S/C17H25BBrCl2NO2/c1-12-10-15(22(8-6-20)9-7-21)14(19)11-13(12)18-23-16(2,3)17(4,5)24-18/h10-11H,6-9H2,1-5H3. The number of halogens is 3. The molecule has 0 N–H and O–H groups in total. The molecule has 1 aliphatic heterocycles. The van der Waals surface area contributed by atoms with Gasteiger partial charge in [0.25, 0.3) is 0 Å². The number of nitrogens with zero attached hydrogens (tertiary/aromatic N) is 1. The van der Waals surface area contributed by atoms with E-state index in [1.807, 2.05) is 0 Å². The van der Waals surface area contributed by atoms with Gasteiger partial charge in [0.2, 0.25) is 0 Å². The number of rotatable bonds is 6. The maximum Gasteiger partial charge on any atom is 0.495 e. The van der Waals surface area contributed by atoms with Crippen molar-refractivity contribution in [3.05, 3.63) is 22.2 Å². The summed E-state index contributed by atoms with van der Waals surface area (Å²) in [4.78, 5) is 2.19. The van der Waals surface area contributed by atoms with Gasteiger partial charge < -0.3 is 14.2 Å². The highest BCUT2D eigenvalue weighted by atomic mass is 79.9. The lowest BCUT2D eigenvalue weighted by atomic mass is 9.76. The molecule has 1 aromatic carbocycles. The fourth-order valence-electron chi connectivity index (χ4n) is 2.70. The van der Waals surface area contributed by atoms with E-state index in [4.69, 9.17) is 32.5 Å². The van der Waals surface area contributed by atoms with Crippen molar-refractivity contribution in [3.63, 3.8) is 0 Å². The van der Waals surface area contributed by atoms with Crippen molar-refractivity contribution in [2.75, 3.05) is 29.7 Å². The van der Waals surface area contributed by atoms with Crippen molar-refractivity contribution in [2.45, 2.75) is 45.8 Å². The Morgan fingerprint density at radius 1 is 1.04 bits per heavy atom. The van der Waals surface area contributed by atoms with Crippen LogP contribution in [-0.2, 0) is 9.31 Å². The molecule has 0 aromatic heterocycles. The first kappa shape index (κ1) is 20.4. The van der Waals surface area contributed by atoms with E-state index >= 15 is 0 Å². The van der Waals surface area contributed by atoms with Crippen molar-refractivity contribution in [1.29, 1.82) is 0 Å². The minimum absolute atomic E-state index is 0.349. The van der Waals surface area contributed by atoms with E-state index in [2.05, 4.69) is 67.6 Å². The van der Waals surface area contributed by atoms with E-state index < -0.39 is 0 Å². The van der Waals surface area contributed by atoms with Gasteiger partial charge in [-0.2, -0.15) is 0 Å². The van der Waals surface area contributed by atoms with Crippen molar-refractivity contribution in [2.24, 2.45) is 0 Å². The van der Waals surface area contributed by atoms with Crippen LogP contribution in [0.5, 0.6) is 0 Å². The maximum absolute atomic E-state index is 6.18. The first-order valence-corrected chi connectivity index (χ1v) is 10.0. The van der Waals surface area contributed by atoms with E-state index in [-0.39, 0.29) is 18.3 Å². The summed E-state index contributed by atoms with van der Waals surface area (Å²) in [6.45, 7) is 11.8. The second kappa shape index (κ2) is 7.75. The molecule has 7 heteroatoms. The molecule has 24 heavy (non-hydrogen) atoms. The molecule has 0 atom stereocenters. The molecule has 0 saturated carbocycles. The third-order valence-electron chi connectivity index (χ3n) is 4.89. The van der Waals surface area contributed by atoms with E-state index in [0.717, 1.165) is 34.3 Å². The molecule has 1 aliphatic rings. The van der Waals surface area contributed by atoms with Crippen LogP contribution in [0.25, 0.3) is 0 Å². The Hall–Kier alpha value is 0.0649. The SMILES string of the molecule is Cc1cc(N(CCCl)CCCl)c(Br)cc1B1OC(C)(C)C(C)(C)O1. The quantitative estimate of drug-likeness (QED) is 0.489. The van der Waals surface area contributed by atoms with E-state index in [1.165, 1.54) is 0 Å². The average Bonchev–Trinajstić information content (AvgIpc) is 2.69. The topological polar surface area (TPSA) is 21.7 Å². The number of hydrogen-bond donors (Lipinski definition) is 0. The molecule has 0 aliphatic carbocycles. The van der Waals surface area contributed by atoms with Crippen molar-refractivity contribution in [1.82, 2.24) is 0 Å². The fraction of sp³-hybridized carbons (Fsp3) is 0.647. The van der Waals surface area contributed by atoms with Gasteiger partial charge >= 0.3 is 7.12 Å². The zero-order valence-electron chi connectivity index (χ0n) is 15.0. The van der Waals surface area contributed by atoms with Crippen molar-refractivity contribution >= 4 is 57.4 Å². The number of alkyl halides is 2. The zero-order valence-corrected chi connectivity index (χ0v) is 18.1. The molecule has 1 aromatic rings. The number of benzene rings is 1. The summed E-state index contributed by atoms with van der Waals surface area (Å²) in [5.41, 5.74) is 2.56. The van der Waals surface area contributed by atoms with Crippen LogP contribution in [0.3, 0.4) is 0 Å². The summed E-state index contributed by atoms with van der Waals surface area (Å²) in [6.07, 6.45) is 0. The maximum atomic E-state index is 6.18. The predicted molar refractivity (Wildman–Crippen MR) is 108 cm³/mol. The van der Waals surface area contributed by atoms with E-state index in [1.54, 1.807) is 0 Å². The second-order valence-electron chi connectivity index (χ2n) is 7.11. The Morgan fingerprint density at radius 3 is 2.00 bits per heavy atom. The summed E-state index contributed by atoms with van der Waals surface area (Å²) in [5, 5.41) is 0. The fourth-order valence-corrected chi connectivity index (χ4v) is 3.72. The van der Waals surface area contributed by atoms with Crippen LogP contribution in [0.1, 0.15) is 33.3 Å². The van der Waals surface area contributed by atoms with Gasteiger partial charge in [0.1, 0.15) is 0 Å². The molecule has 1 fully saturated rings. The summed E-state index contributed by atoms with van der Waals surface area (Å²) in [5.74, 6) is 1.11. The van der Waals surface area contributed by atoms with Gasteiger partial charge in [0.05, 0.1) is 16.9 Å². The van der Waals surface area contributed by atoms with Crippen LogP contribution < -0.4 is 10.4 Å². The van der Waals surface area contributed by atoms with Crippen LogP contribution in [0.15, 0.2) is 16.6 Å². The van der Waals surface area contributed by atoms with Crippen molar-refractivity contribution in [3.8, 4) is 0 Å². The summed E-state index contributed by atoms with van der Waals surface area (Å²) in [7, 11) is -0.366. The molecule has 3 nitrogen and oxygen atoms in total. The minimum atomic E-state index is -0.366.